The predicted molar refractivity (Wildman–Crippen MR) is 85.3 cm³/mol. The minimum atomic E-state index is -0.542. The summed E-state index contributed by atoms with van der Waals surface area (Å²) in [6, 6.07) is 2.18. The highest BCUT2D eigenvalue weighted by Gasteiger charge is 2.28. The SMILES string of the molecule is CC(C)C[C@@H](c1c(F)cc(Cl)cc1F)N1CCNCC1.Cl. The average Bonchev–Trinajstić information content (AvgIpc) is 2.37. The van der Waals surface area contributed by atoms with Gasteiger partial charge in [-0.2, -0.15) is 0 Å². The van der Waals surface area contributed by atoms with Crippen LogP contribution < -0.4 is 5.32 Å². The van der Waals surface area contributed by atoms with E-state index < -0.39 is 11.6 Å². The molecule has 1 atom stereocenters. The zero-order valence-electron chi connectivity index (χ0n) is 12.3. The maximum atomic E-state index is 14.2. The van der Waals surface area contributed by atoms with Crippen molar-refractivity contribution in [1.82, 2.24) is 10.2 Å². The van der Waals surface area contributed by atoms with Crippen molar-refractivity contribution in [3.63, 3.8) is 0 Å². The van der Waals surface area contributed by atoms with Gasteiger partial charge in [0.2, 0.25) is 0 Å². The minimum Gasteiger partial charge on any atom is -0.314 e. The van der Waals surface area contributed by atoms with Crippen LogP contribution in [0.1, 0.15) is 31.9 Å². The number of halogens is 4. The normalized spacial score (nSPS) is 17.6. The number of benzene rings is 1. The third-order valence-electron chi connectivity index (χ3n) is 3.66. The lowest BCUT2D eigenvalue weighted by molar-refractivity contribution is 0.147. The van der Waals surface area contributed by atoms with Gasteiger partial charge in [-0.1, -0.05) is 25.4 Å². The van der Waals surface area contributed by atoms with Crippen molar-refractivity contribution in [3.8, 4) is 0 Å². The molecule has 0 aromatic heterocycles. The van der Waals surface area contributed by atoms with E-state index >= 15 is 0 Å². The first-order valence-corrected chi connectivity index (χ1v) is 7.46. The van der Waals surface area contributed by atoms with Crippen LogP contribution in [0, 0.1) is 17.6 Å². The van der Waals surface area contributed by atoms with Crippen molar-refractivity contribution in [2.75, 3.05) is 26.2 Å². The lowest BCUT2D eigenvalue weighted by atomic mass is 9.94. The minimum absolute atomic E-state index is 0. The molecule has 1 N–H and O–H groups in total. The third kappa shape index (κ3) is 4.78. The van der Waals surface area contributed by atoms with Crippen LogP contribution in [-0.4, -0.2) is 31.1 Å². The Labute approximate surface area is 136 Å². The molecule has 1 aromatic carbocycles. The molecule has 0 aliphatic carbocycles. The maximum absolute atomic E-state index is 14.2. The van der Waals surface area contributed by atoms with Gasteiger partial charge in [-0.3, -0.25) is 4.90 Å². The lowest BCUT2D eigenvalue weighted by Crippen LogP contribution is -2.45. The smallest absolute Gasteiger partial charge is 0.132 e. The van der Waals surface area contributed by atoms with Crippen molar-refractivity contribution in [1.29, 1.82) is 0 Å². The maximum Gasteiger partial charge on any atom is 0.132 e. The van der Waals surface area contributed by atoms with E-state index in [1.807, 2.05) is 0 Å². The summed E-state index contributed by atoms with van der Waals surface area (Å²) in [5.74, 6) is -0.720. The fourth-order valence-electron chi connectivity index (χ4n) is 2.76. The Hall–Kier alpha value is -0.420. The van der Waals surface area contributed by atoms with Gasteiger partial charge in [-0.15, -0.1) is 12.4 Å². The quantitative estimate of drug-likeness (QED) is 0.891. The highest BCUT2D eigenvalue weighted by molar-refractivity contribution is 6.30. The summed E-state index contributed by atoms with van der Waals surface area (Å²) < 4.78 is 28.4. The molecule has 0 unspecified atom stereocenters. The second-order valence-corrected chi connectivity index (χ2v) is 6.15. The Balaban J connectivity index is 0.00000220. The lowest BCUT2D eigenvalue weighted by Gasteiger charge is -2.36. The fraction of sp³-hybridized carbons (Fsp3) is 0.600. The molecule has 0 amide bonds. The van der Waals surface area contributed by atoms with E-state index in [1.165, 1.54) is 12.1 Å². The molecule has 6 heteroatoms. The number of rotatable bonds is 4. The molecule has 2 rings (SSSR count). The molecule has 1 fully saturated rings. The third-order valence-corrected chi connectivity index (χ3v) is 3.88. The van der Waals surface area contributed by atoms with Gasteiger partial charge in [-0.25, -0.2) is 8.78 Å². The van der Waals surface area contributed by atoms with Crippen LogP contribution in [0.25, 0.3) is 0 Å². The van der Waals surface area contributed by atoms with Crippen LogP contribution >= 0.6 is 24.0 Å². The summed E-state index contributed by atoms with van der Waals surface area (Å²) in [4.78, 5) is 2.16. The summed E-state index contributed by atoms with van der Waals surface area (Å²) in [5.41, 5.74) is 0.157. The highest BCUT2D eigenvalue weighted by atomic mass is 35.5. The standard InChI is InChI=1S/C15H21ClF2N2.ClH/c1-10(2)7-14(20-5-3-19-4-6-20)15-12(17)8-11(16)9-13(15)18;/h8-10,14,19H,3-7H2,1-2H3;1H/t14-;/m0./s1. The summed E-state index contributed by atoms with van der Waals surface area (Å²) in [6.07, 6.45) is 0.732. The predicted octanol–water partition coefficient (Wildman–Crippen LogP) is 4.03. The van der Waals surface area contributed by atoms with E-state index in [0.29, 0.717) is 5.92 Å². The molecular weight excluding hydrogens is 317 g/mol. The molecule has 1 saturated heterocycles. The monoisotopic (exact) mass is 338 g/mol. The van der Waals surface area contributed by atoms with Crippen LogP contribution in [0.2, 0.25) is 5.02 Å². The number of hydrogen-bond acceptors (Lipinski definition) is 2. The molecule has 1 aliphatic heterocycles. The second-order valence-electron chi connectivity index (χ2n) is 5.71. The van der Waals surface area contributed by atoms with E-state index in [2.05, 4.69) is 24.1 Å². The molecule has 0 saturated carbocycles. The summed E-state index contributed by atoms with van der Waals surface area (Å²) in [7, 11) is 0. The van der Waals surface area contributed by atoms with Crippen LogP contribution in [0.3, 0.4) is 0 Å². The van der Waals surface area contributed by atoms with Gasteiger partial charge in [0.05, 0.1) is 0 Å². The second kappa shape index (κ2) is 8.28. The first-order chi connectivity index (χ1) is 9.49. The molecule has 2 nitrogen and oxygen atoms in total. The molecule has 0 spiro atoms. The summed E-state index contributed by atoms with van der Waals surface area (Å²) in [5, 5.41) is 3.37. The van der Waals surface area contributed by atoms with Crippen LogP contribution in [-0.2, 0) is 0 Å². The molecule has 0 radical (unpaired) electrons. The Bertz CT molecular complexity index is 440. The van der Waals surface area contributed by atoms with Crippen molar-refractivity contribution >= 4 is 24.0 Å². The number of hydrogen-bond donors (Lipinski definition) is 1. The zero-order valence-corrected chi connectivity index (χ0v) is 13.9. The molecule has 120 valence electrons. The van der Waals surface area contributed by atoms with Crippen molar-refractivity contribution < 1.29 is 8.78 Å². The molecular formula is C15H22Cl2F2N2. The Kier molecular flexibility index (Phi) is 7.34. The van der Waals surface area contributed by atoms with E-state index in [1.54, 1.807) is 0 Å². The van der Waals surface area contributed by atoms with E-state index in [9.17, 15) is 8.78 Å². The molecule has 21 heavy (non-hydrogen) atoms. The largest absolute Gasteiger partial charge is 0.314 e. The first-order valence-electron chi connectivity index (χ1n) is 7.08. The average molecular weight is 339 g/mol. The zero-order chi connectivity index (χ0) is 14.7. The highest BCUT2D eigenvalue weighted by Crippen LogP contribution is 2.33. The number of nitrogens with one attached hydrogen (secondary N) is 1. The van der Waals surface area contributed by atoms with Gasteiger partial charge in [0.25, 0.3) is 0 Å². The van der Waals surface area contributed by atoms with Crippen molar-refractivity contribution in [3.05, 3.63) is 34.4 Å². The van der Waals surface area contributed by atoms with E-state index in [-0.39, 0.29) is 29.0 Å². The van der Waals surface area contributed by atoms with E-state index in [0.717, 1.165) is 32.6 Å². The van der Waals surface area contributed by atoms with E-state index in [4.69, 9.17) is 11.6 Å². The fourth-order valence-corrected chi connectivity index (χ4v) is 2.95. The van der Waals surface area contributed by atoms with Crippen LogP contribution in [0.15, 0.2) is 12.1 Å². The van der Waals surface area contributed by atoms with Crippen molar-refractivity contribution in [2.24, 2.45) is 5.92 Å². The van der Waals surface area contributed by atoms with Gasteiger partial charge in [0, 0.05) is 42.8 Å². The van der Waals surface area contributed by atoms with Gasteiger partial charge >= 0.3 is 0 Å². The Morgan fingerprint density at radius 3 is 2.19 bits per heavy atom. The molecule has 0 bridgehead atoms. The van der Waals surface area contributed by atoms with Gasteiger partial charge < -0.3 is 5.32 Å². The van der Waals surface area contributed by atoms with Crippen LogP contribution in [0.5, 0.6) is 0 Å². The van der Waals surface area contributed by atoms with Crippen molar-refractivity contribution in [2.45, 2.75) is 26.3 Å². The number of nitrogens with zero attached hydrogens (tertiary/aromatic N) is 1. The van der Waals surface area contributed by atoms with Gasteiger partial charge in [0.15, 0.2) is 0 Å². The summed E-state index contributed by atoms with van der Waals surface area (Å²) >= 11 is 5.71. The topological polar surface area (TPSA) is 15.3 Å². The summed E-state index contributed by atoms with van der Waals surface area (Å²) in [6.45, 7) is 7.45. The van der Waals surface area contributed by atoms with Gasteiger partial charge in [-0.05, 0) is 24.5 Å². The molecule has 1 heterocycles. The Morgan fingerprint density at radius 1 is 1.19 bits per heavy atom. The molecule has 1 aromatic rings. The Morgan fingerprint density at radius 2 is 1.71 bits per heavy atom. The van der Waals surface area contributed by atoms with Crippen LogP contribution in [0.4, 0.5) is 8.78 Å². The molecule has 1 aliphatic rings. The first kappa shape index (κ1) is 18.6. The number of piperazine rings is 1. The van der Waals surface area contributed by atoms with Gasteiger partial charge in [0.1, 0.15) is 11.6 Å².